The third-order valence-electron chi connectivity index (χ3n) is 6.10. The van der Waals surface area contributed by atoms with E-state index in [-0.39, 0.29) is 5.91 Å². The molecule has 0 saturated carbocycles. The fourth-order valence-electron chi connectivity index (χ4n) is 4.09. The highest BCUT2D eigenvalue weighted by Gasteiger charge is 2.22. The SMILES string of the molecule is COc1cccc(OCc2cc(C(=O)N3CCN(C/C=C/c4ccccc4)CC3)ccc2OC)c1. The Hall–Kier alpha value is -3.77. The quantitative estimate of drug-likeness (QED) is 0.450. The van der Waals surface area contributed by atoms with Crippen molar-refractivity contribution >= 4 is 12.0 Å². The van der Waals surface area contributed by atoms with Crippen molar-refractivity contribution in [2.75, 3.05) is 46.9 Å². The molecule has 1 saturated heterocycles. The van der Waals surface area contributed by atoms with Crippen LogP contribution in [-0.4, -0.2) is 62.7 Å². The van der Waals surface area contributed by atoms with E-state index in [1.807, 2.05) is 65.6 Å². The van der Waals surface area contributed by atoms with Crippen LogP contribution in [0.15, 0.2) is 78.9 Å². The van der Waals surface area contributed by atoms with E-state index in [1.165, 1.54) is 5.56 Å². The van der Waals surface area contributed by atoms with Crippen LogP contribution in [0.3, 0.4) is 0 Å². The summed E-state index contributed by atoms with van der Waals surface area (Å²) in [5.74, 6) is 2.16. The van der Waals surface area contributed by atoms with Gasteiger partial charge in [-0.3, -0.25) is 9.69 Å². The number of piperazine rings is 1. The Morgan fingerprint density at radius 2 is 1.63 bits per heavy atom. The highest BCUT2D eigenvalue weighted by Crippen LogP contribution is 2.25. The van der Waals surface area contributed by atoms with Crippen LogP contribution in [0.1, 0.15) is 21.5 Å². The van der Waals surface area contributed by atoms with E-state index in [0.29, 0.717) is 36.8 Å². The van der Waals surface area contributed by atoms with Crippen LogP contribution >= 0.6 is 0 Å². The van der Waals surface area contributed by atoms with Gasteiger partial charge in [0.2, 0.25) is 0 Å². The van der Waals surface area contributed by atoms with Gasteiger partial charge in [0.05, 0.1) is 14.2 Å². The summed E-state index contributed by atoms with van der Waals surface area (Å²) in [6.45, 7) is 4.29. The second kappa shape index (κ2) is 12.1. The zero-order valence-corrected chi connectivity index (χ0v) is 20.4. The van der Waals surface area contributed by atoms with Crippen molar-refractivity contribution in [3.63, 3.8) is 0 Å². The second-order valence-electron chi connectivity index (χ2n) is 8.40. The number of carbonyl (C=O) groups excluding carboxylic acids is 1. The third kappa shape index (κ3) is 6.64. The van der Waals surface area contributed by atoms with Crippen LogP contribution in [0.25, 0.3) is 6.08 Å². The first-order chi connectivity index (χ1) is 17.2. The number of ether oxygens (including phenoxy) is 3. The van der Waals surface area contributed by atoms with E-state index >= 15 is 0 Å². The number of hydrogen-bond acceptors (Lipinski definition) is 5. The van der Waals surface area contributed by atoms with Crippen LogP contribution in [0.4, 0.5) is 0 Å². The summed E-state index contributed by atoms with van der Waals surface area (Å²) in [5, 5.41) is 0. The first-order valence-electron chi connectivity index (χ1n) is 11.8. The molecule has 0 atom stereocenters. The number of amides is 1. The molecule has 0 radical (unpaired) electrons. The second-order valence-corrected chi connectivity index (χ2v) is 8.40. The van der Waals surface area contributed by atoms with Crippen molar-refractivity contribution in [1.29, 1.82) is 0 Å². The van der Waals surface area contributed by atoms with Gasteiger partial charge in [-0.1, -0.05) is 48.6 Å². The van der Waals surface area contributed by atoms with Crippen LogP contribution in [0.2, 0.25) is 0 Å². The largest absolute Gasteiger partial charge is 0.497 e. The summed E-state index contributed by atoms with van der Waals surface area (Å²) in [7, 11) is 3.25. The fraction of sp³-hybridized carbons (Fsp3) is 0.276. The molecule has 1 fully saturated rings. The average Bonchev–Trinajstić information content (AvgIpc) is 2.92. The Morgan fingerprint density at radius 3 is 2.37 bits per heavy atom. The maximum Gasteiger partial charge on any atom is 0.253 e. The molecular formula is C29H32N2O4. The molecule has 0 bridgehead atoms. The summed E-state index contributed by atoms with van der Waals surface area (Å²) in [5.41, 5.74) is 2.67. The number of rotatable bonds is 9. The Kier molecular flexibility index (Phi) is 8.41. The topological polar surface area (TPSA) is 51.2 Å². The molecule has 35 heavy (non-hydrogen) atoms. The van der Waals surface area contributed by atoms with E-state index in [0.717, 1.165) is 30.9 Å². The molecule has 1 aliphatic rings. The molecule has 1 heterocycles. The zero-order chi connectivity index (χ0) is 24.5. The molecule has 1 amide bonds. The van der Waals surface area contributed by atoms with Gasteiger partial charge in [-0.15, -0.1) is 0 Å². The van der Waals surface area contributed by atoms with Gasteiger partial charge < -0.3 is 19.1 Å². The predicted octanol–water partition coefficient (Wildman–Crippen LogP) is 4.75. The molecule has 182 valence electrons. The lowest BCUT2D eigenvalue weighted by atomic mass is 10.1. The normalized spacial score (nSPS) is 14.2. The van der Waals surface area contributed by atoms with E-state index in [2.05, 4.69) is 29.2 Å². The number of methoxy groups -OCH3 is 2. The van der Waals surface area contributed by atoms with Crippen LogP contribution in [-0.2, 0) is 6.61 Å². The van der Waals surface area contributed by atoms with Crippen LogP contribution in [0.5, 0.6) is 17.2 Å². The maximum absolute atomic E-state index is 13.2. The molecule has 6 heteroatoms. The lowest BCUT2D eigenvalue weighted by molar-refractivity contribution is 0.0650. The zero-order valence-electron chi connectivity index (χ0n) is 20.4. The summed E-state index contributed by atoms with van der Waals surface area (Å²) >= 11 is 0. The van der Waals surface area contributed by atoms with Crippen molar-refractivity contribution in [2.24, 2.45) is 0 Å². The first-order valence-corrected chi connectivity index (χ1v) is 11.8. The third-order valence-corrected chi connectivity index (χ3v) is 6.10. The average molecular weight is 473 g/mol. The maximum atomic E-state index is 13.2. The van der Waals surface area contributed by atoms with Gasteiger partial charge in [0.15, 0.2) is 0 Å². The van der Waals surface area contributed by atoms with Crippen molar-refractivity contribution in [3.05, 3.63) is 95.6 Å². The summed E-state index contributed by atoms with van der Waals surface area (Å²) in [4.78, 5) is 17.5. The lowest BCUT2D eigenvalue weighted by Gasteiger charge is -2.34. The number of hydrogen-bond donors (Lipinski definition) is 0. The van der Waals surface area contributed by atoms with Gasteiger partial charge in [0.1, 0.15) is 23.9 Å². The van der Waals surface area contributed by atoms with Gasteiger partial charge in [-0.25, -0.2) is 0 Å². The van der Waals surface area contributed by atoms with Crippen LogP contribution < -0.4 is 14.2 Å². The minimum Gasteiger partial charge on any atom is -0.497 e. The van der Waals surface area contributed by atoms with Gasteiger partial charge in [0, 0.05) is 49.9 Å². The molecule has 0 spiro atoms. The number of nitrogens with zero attached hydrogens (tertiary/aromatic N) is 2. The summed E-state index contributed by atoms with van der Waals surface area (Å²) in [6.07, 6.45) is 4.33. The van der Waals surface area contributed by atoms with Gasteiger partial charge in [0.25, 0.3) is 5.91 Å². The minimum atomic E-state index is 0.0368. The Bertz CT molecular complexity index is 1140. The molecule has 0 aliphatic carbocycles. The van der Waals surface area contributed by atoms with Crippen molar-refractivity contribution in [2.45, 2.75) is 6.61 Å². The van der Waals surface area contributed by atoms with E-state index < -0.39 is 0 Å². The monoisotopic (exact) mass is 472 g/mol. The molecule has 3 aromatic rings. The molecule has 4 rings (SSSR count). The number of benzene rings is 3. The molecular weight excluding hydrogens is 440 g/mol. The fourth-order valence-corrected chi connectivity index (χ4v) is 4.09. The Labute approximate surface area is 207 Å². The van der Waals surface area contributed by atoms with Gasteiger partial charge in [-0.05, 0) is 35.9 Å². The van der Waals surface area contributed by atoms with Crippen molar-refractivity contribution in [1.82, 2.24) is 9.80 Å². The van der Waals surface area contributed by atoms with Gasteiger partial charge in [-0.2, -0.15) is 0 Å². The van der Waals surface area contributed by atoms with Crippen LogP contribution in [0, 0.1) is 0 Å². The van der Waals surface area contributed by atoms with Crippen molar-refractivity contribution < 1.29 is 19.0 Å². The molecule has 0 N–H and O–H groups in total. The Morgan fingerprint density at radius 1 is 0.857 bits per heavy atom. The highest BCUT2D eigenvalue weighted by molar-refractivity contribution is 5.94. The molecule has 1 aliphatic heterocycles. The molecule has 3 aromatic carbocycles. The van der Waals surface area contributed by atoms with E-state index in [9.17, 15) is 4.79 Å². The predicted molar refractivity (Wildman–Crippen MR) is 138 cm³/mol. The highest BCUT2D eigenvalue weighted by atomic mass is 16.5. The minimum absolute atomic E-state index is 0.0368. The summed E-state index contributed by atoms with van der Waals surface area (Å²) < 4.78 is 16.7. The number of carbonyl (C=O) groups is 1. The van der Waals surface area contributed by atoms with Gasteiger partial charge >= 0.3 is 0 Å². The first kappa shape index (κ1) is 24.4. The standard InChI is InChI=1S/C29H32N2O4/c1-33-26-11-6-12-27(21-26)35-22-25-20-24(13-14-28(25)34-2)29(32)31-18-16-30(17-19-31)15-7-10-23-8-4-3-5-9-23/h3-14,20-21H,15-19,22H2,1-2H3/b10-7+. The lowest BCUT2D eigenvalue weighted by Crippen LogP contribution is -2.48. The molecule has 0 unspecified atom stereocenters. The molecule has 0 aromatic heterocycles. The van der Waals surface area contributed by atoms with E-state index in [1.54, 1.807) is 14.2 Å². The van der Waals surface area contributed by atoms with E-state index in [4.69, 9.17) is 14.2 Å². The smallest absolute Gasteiger partial charge is 0.253 e. The summed E-state index contributed by atoms with van der Waals surface area (Å²) in [6, 6.07) is 23.3. The molecule has 6 nitrogen and oxygen atoms in total. The Balaban J connectivity index is 1.33. The van der Waals surface area contributed by atoms with Crippen molar-refractivity contribution in [3.8, 4) is 17.2 Å².